The predicted molar refractivity (Wildman–Crippen MR) is 118 cm³/mol. The number of carboxylic acids is 1. The molecular formula is C23H22FN3O4S. The second-order valence-corrected chi connectivity index (χ2v) is 8.75. The van der Waals surface area contributed by atoms with Crippen LogP contribution in [0.25, 0.3) is 0 Å². The maximum absolute atomic E-state index is 14.5. The topological polar surface area (TPSA) is 101 Å². The second kappa shape index (κ2) is 9.86. The Hall–Kier alpha value is -3.33. The number of nitrogens with one attached hydrogen (secondary N) is 1. The van der Waals surface area contributed by atoms with Gasteiger partial charge in [0.15, 0.2) is 11.6 Å². The van der Waals surface area contributed by atoms with Crippen molar-refractivity contribution in [1.29, 1.82) is 0 Å². The first kappa shape index (κ1) is 21.9. The summed E-state index contributed by atoms with van der Waals surface area (Å²) in [6, 6.07) is 13.9. The van der Waals surface area contributed by atoms with Crippen molar-refractivity contribution in [2.45, 2.75) is 38.2 Å². The largest absolute Gasteiger partial charge is 0.487 e. The molecule has 166 valence electrons. The Morgan fingerprint density at radius 3 is 2.53 bits per heavy atom. The first-order valence-electron chi connectivity index (χ1n) is 10.3. The summed E-state index contributed by atoms with van der Waals surface area (Å²) in [7, 11) is 0. The lowest BCUT2D eigenvalue weighted by molar-refractivity contribution is -0.143. The van der Waals surface area contributed by atoms with Gasteiger partial charge in [-0.05, 0) is 49.4 Å². The minimum Gasteiger partial charge on any atom is -0.487 e. The molecule has 1 aliphatic carbocycles. The lowest BCUT2D eigenvalue weighted by Crippen LogP contribution is -2.28. The van der Waals surface area contributed by atoms with Crippen molar-refractivity contribution in [2.24, 2.45) is 5.92 Å². The minimum atomic E-state index is -0.799. The average Bonchev–Trinajstić information content (AvgIpc) is 3.22. The van der Waals surface area contributed by atoms with Gasteiger partial charge in [-0.3, -0.25) is 14.9 Å². The van der Waals surface area contributed by atoms with Crippen LogP contribution >= 0.6 is 11.3 Å². The highest BCUT2D eigenvalue weighted by Crippen LogP contribution is 2.29. The van der Waals surface area contributed by atoms with Gasteiger partial charge in [-0.25, -0.2) is 4.39 Å². The molecule has 2 N–H and O–H groups in total. The predicted octanol–water partition coefficient (Wildman–Crippen LogP) is 4.54. The molecule has 1 amide bonds. The first-order valence-corrected chi connectivity index (χ1v) is 11.2. The van der Waals surface area contributed by atoms with Crippen LogP contribution in [0, 0.1) is 11.7 Å². The third-order valence-corrected chi connectivity index (χ3v) is 6.24. The highest BCUT2D eigenvalue weighted by atomic mass is 32.1. The normalized spacial score (nSPS) is 18.2. The van der Waals surface area contributed by atoms with Crippen LogP contribution < -0.4 is 10.1 Å². The van der Waals surface area contributed by atoms with Crippen LogP contribution in [0.3, 0.4) is 0 Å². The number of amides is 1. The molecule has 1 aliphatic rings. The molecular weight excluding hydrogens is 433 g/mol. The lowest BCUT2D eigenvalue weighted by Gasteiger charge is -2.26. The van der Waals surface area contributed by atoms with Gasteiger partial charge >= 0.3 is 5.97 Å². The van der Waals surface area contributed by atoms with E-state index in [0.717, 1.165) is 16.6 Å². The molecule has 0 bridgehead atoms. The number of nitrogens with zero attached hydrogens (tertiary/aromatic N) is 2. The second-order valence-electron chi connectivity index (χ2n) is 7.69. The van der Waals surface area contributed by atoms with Crippen LogP contribution in [-0.2, 0) is 11.2 Å². The van der Waals surface area contributed by atoms with Gasteiger partial charge in [0.2, 0.25) is 5.13 Å². The number of aliphatic carboxylic acids is 1. The van der Waals surface area contributed by atoms with Crippen LogP contribution in [0.1, 0.15) is 46.6 Å². The fourth-order valence-corrected chi connectivity index (χ4v) is 4.43. The Labute approximate surface area is 188 Å². The number of aromatic nitrogens is 2. The van der Waals surface area contributed by atoms with Gasteiger partial charge in [0, 0.05) is 12.0 Å². The quantitative estimate of drug-likeness (QED) is 0.542. The van der Waals surface area contributed by atoms with Crippen molar-refractivity contribution in [3.05, 3.63) is 70.5 Å². The summed E-state index contributed by atoms with van der Waals surface area (Å²) >= 11 is 1.27. The molecule has 0 saturated heterocycles. The molecule has 0 spiro atoms. The van der Waals surface area contributed by atoms with Gasteiger partial charge in [0.1, 0.15) is 5.01 Å². The number of benzene rings is 2. The Kier molecular flexibility index (Phi) is 6.75. The number of carbonyl (C=O) groups is 2. The molecule has 0 aliphatic heterocycles. The van der Waals surface area contributed by atoms with Crippen molar-refractivity contribution < 1.29 is 23.8 Å². The van der Waals surface area contributed by atoms with Crippen molar-refractivity contribution in [3.8, 4) is 5.75 Å². The van der Waals surface area contributed by atoms with E-state index < -0.39 is 17.7 Å². The summed E-state index contributed by atoms with van der Waals surface area (Å²) in [5, 5.41) is 20.9. The van der Waals surface area contributed by atoms with E-state index in [1.165, 1.54) is 23.5 Å². The summed E-state index contributed by atoms with van der Waals surface area (Å²) in [5.74, 6) is -2.23. The van der Waals surface area contributed by atoms with E-state index in [9.17, 15) is 14.0 Å². The van der Waals surface area contributed by atoms with Gasteiger partial charge in [-0.1, -0.05) is 41.7 Å². The number of ether oxygens (including phenoxy) is 1. The number of anilines is 1. The first-order chi connectivity index (χ1) is 15.5. The van der Waals surface area contributed by atoms with Gasteiger partial charge in [0.25, 0.3) is 5.91 Å². The smallest absolute Gasteiger partial charge is 0.306 e. The third kappa shape index (κ3) is 5.47. The molecule has 7 nitrogen and oxygen atoms in total. The molecule has 9 heteroatoms. The Morgan fingerprint density at radius 2 is 1.84 bits per heavy atom. The molecule has 32 heavy (non-hydrogen) atoms. The highest BCUT2D eigenvalue weighted by Gasteiger charge is 2.27. The molecule has 0 atom stereocenters. The van der Waals surface area contributed by atoms with E-state index in [0.29, 0.717) is 37.2 Å². The van der Waals surface area contributed by atoms with Crippen molar-refractivity contribution in [2.75, 3.05) is 5.32 Å². The van der Waals surface area contributed by atoms with Crippen molar-refractivity contribution in [1.82, 2.24) is 10.2 Å². The zero-order valence-corrected chi connectivity index (χ0v) is 18.0. The summed E-state index contributed by atoms with van der Waals surface area (Å²) in [4.78, 5) is 23.5. The van der Waals surface area contributed by atoms with Gasteiger partial charge < -0.3 is 9.84 Å². The van der Waals surface area contributed by atoms with Gasteiger partial charge in [0.05, 0.1) is 12.0 Å². The average molecular weight is 456 g/mol. The van der Waals surface area contributed by atoms with Crippen LogP contribution in [0.2, 0.25) is 0 Å². The molecule has 2 aromatic carbocycles. The van der Waals surface area contributed by atoms with E-state index in [4.69, 9.17) is 9.84 Å². The van der Waals surface area contributed by atoms with Crippen molar-refractivity contribution in [3.63, 3.8) is 0 Å². The summed E-state index contributed by atoms with van der Waals surface area (Å²) in [6.07, 6.45) is 2.52. The molecule has 3 aromatic rings. The van der Waals surface area contributed by atoms with Crippen molar-refractivity contribution >= 4 is 28.3 Å². The zero-order chi connectivity index (χ0) is 22.5. The highest BCUT2D eigenvalue weighted by molar-refractivity contribution is 7.15. The summed E-state index contributed by atoms with van der Waals surface area (Å²) < 4.78 is 20.2. The molecule has 1 aromatic heterocycles. The maximum atomic E-state index is 14.5. The minimum absolute atomic E-state index is 0.0568. The number of rotatable bonds is 7. The zero-order valence-electron chi connectivity index (χ0n) is 17.2. The van der Waals surface area contributed by atoms with Gasteiger partial charge in [-0.2, -0.15) is 0 Å². The van der Waals surface area contributed by atoms with Crippen LogP contribution in [0.5, 0.6) is 5.75 Å². The monoisotopic (exact) mass is 455 g/mol. The standard InChI is InChI=1S/C23H22FN3O4S/c24-18-13-16(8-11-19(18)31-17-9-6-15(7-10-17)22(29)30)21(28)25-23-27-26-20(32-23)12-14-4-2-1-3-5-14/h1-5,8,11,13,15,17H,6-7,9-10,12H2,(H,29,30)(H,25,27,28). The fraction of sp³-hybridized carbons (Fsp3) is 0.304. The molecule has 4 rings (SSSR count). The van der Waals surface area contributed by atoms with Crippen LogP contribution in [-0.4, -0.2) is 33.3 Å². The summed E-state index contributed by atoms with van der Waals surface area (Å²) in [5.41, 5.74) is 1.24. The van der Waals surface area contributed by atoms with Crippen LogP contribution in [0.15, 0.2) is 48.5 Å². The number of hydrogen-bond acceptors (Lipinski definition) is 6. The maximum Gasteiger partial charge on any atom is 0.306 e. The van der Waals surface area contributed by atoms with E-state index >= 15 is 0 Å². The lowest BCUT2D eigenvalue weighted by atomic mass is 9.87. The van der Waals surface area contributed by atoms with E-state index in [1.807, 2.05) is 30.3 Å². The molecule has 0 radical (unpaired) electrons. The molecule has 1 heterocycles. The number of halogens is 1. The summed E-state index contributed by atoms with van der Waals surface area (Å²) in [6.45, 7) is 0. The number of carbonyl (C=O) groups excluding carboxylic acids is 1. The molecule has 0 unspecified atom stereocenters. The number of hydrogen-bond donors (Lipinski definition) is 2. The van der Waals surface area contributed by atoms with Gasteiger partial charge in [-0.15, -0.1) is 10.2 Å². The third-order valence-electron chi connectivity index (χ3n) is 5.40. The Balaban J connectivity index is 1.34. The molecule has 1 fully saturated rings. The SMILES string of the molecule is O=C(Nc1nnc(Cc2ccccc2)s1)c1ccc(OC2CCC(C(=O)O)CC2)c(F)c1. The van der Waals surface area contributed by atoms with E-state index in [2.05, 4.69) is 15.5 Å². The van der Waals surface area contributed by atoms with Crippen LogP contribution in [0.4, 0.5) is 9.52 Å². The van der Waals surface area contributed by atoms with E-state index in [1.54, 1.807) is 0 Å². The van der Waals surface area contributed by atoms with E-state index in [-0.39, 0.29) is 23.3 Å². The fourth-order valence-electron chi connectivity index (χ4n) is 3.66. The molecule has 1 saturated carbocycles. The number of carboxylic acid groups (broad SMARTS) is 1. The Bertz CT molecular complexity index is 1100. The Morgan fingerprint density at radius 1 is 1.09 bits per heavy atom.